The Kier molecular flexibility index (Phi) is 5.28. The smallest absolute Gasteiger partial charge is 0.230 e. The van der Waals surface area contributed by atoms with Gasteiger partial charge in [0.2, 0.25) is 11.1 Å². The Morgan fingerprint density at radius 1 is 1.39 bits per heavy atom. The summed E-state index contributed by atoms with van der Waals surface area (Å²) in [6, 6.07) is 7.62. The molecule has 2 N–H and O–H groups in total. The van der Waals surface area contributed by atoms with E-state index in [2.05, 4.69) is 20.5 Å². The number of amides is 1. The number of hydrogen-bond acceptors (Lipinski definition) is 6. The molecule has 0 spiro atoms. The SMILES string of the molecule is O=C(CSc1n[nH]c(/C=C/c2ccco2)n1)NCc1cccs1. The molecule has 0 saturated heterocycles. The summed E-state index contributed by atoms with van der Waals surface area (Å²) in [5, 5.41) is 12.3. The number of H-pyrrole nitrogens is 1. The van der Waals surface area contributed by atoms with E-state index in [1.807, 2.05) is 29.6 Å². The monoisotopic (exact) mass is 346 g/mol. The van der Waals surface area contributed by atoms with Crippen LogP contribution in [0.4, 0.5) is 0 Å². The molecule has 3 aromatic rings. The van der Waals surface area contributed by atoms with E-state index >= 15 is 0 Å². The highest BCUT2D eigenvalue weighted by Crippen LogP contribution is 2.14. The van der Waals surface area contributed by atoms with Crippen molar-refractivity contribution < 1.29 is 9.21 Å². The Morgan fingerprint density at radius 3 is 3.13 bits per heavy atom. The van der Waals surface area contributed by atoms with Crippen molar-refractivity contribution in [2.24, 2.45) is 0 Å². The van der Waals surface area contributed by atoms with Crippen LogP contribution >= 0.6 is 23.1 Å². The van der Waals surface area contributed by atoms with E-state index in [-0.39, 0.29) is 11.7 Å². The lowest BCUT2D eigenvalue weighted by molar-refractivity contribution is -0.118. The zero-order chi connectivity index (χ0) is 15.9. The average Bonchev–Trinajstić information content (AvgIpc) is 3.31. The van der Waals surface area contributed by atoms with Gasteiger partial charge in [0.25, 0.3) is 0 Å². The van der Waals surface area contributed by atoms with Crippen LogP contribution in [0.15, 0.2) is 45.5 Å². The number of carbonyl (C=O) groups excluding carboxylic acids is 1. The summed E-state index contributed by atoms with van der Waals surface area (Å²) in [4.78, 5) is 17.2. The van der Waals surface area contributed by atoms with Gasteiger partial charge in [-0.25, -0.2) is 4.98 Å². The van der Waals surface area contributed by atoms with E-state index in [0.29, 0.717) is 17.5 Å². The fourth-order valence-corrected chi connectivity index (χ4v) is 3.00. The van der Waals surface area contributed by atoms with Crippen LogP contribution in [-0.2, 0) is 11.3 Å². The molecule has 118 valence electrons. The third-order valence-corrected chi connectivity index (χ3v) is 4.53. The second-order valence-corrected chi connectivity index (χ2v) is 6.47. The lowest BCUT2D eigenvalue weighted by Gasteiger charge is -2.01. The fourth-order valence-electron chi connectivity index (χ4n) is 1.72. The second kappa shape index (κ2) is 7.80. The first-order valence-electron chi connectivity index (χ1n) is 6.85. The van der Waals surface area contributed by atoms with Gasteiger partial charge in [-0.2, -0.15) is 0 Å². The topological polar surface area (TPSA) is 83.8 Å². The Hall–Kier alpha value is -2.32. The maximum Gasteiger partial charge on any atom is 0.230 e. The zero-order valence-electron chi connectivity index (χ0n) is 12.1. The van der Waals surface area contributed by atoms with Crippen LogP contribution in [0.3, 0.4) is 0 Å². The predicted molar refractivity (Wildman–Crippen MR) is 90.9 cm³/mol. The molecule has 8 heteroatoms. The minimum absolute atomic E-state index is 0.0409. The molecule has 0 unspecified atom stereocenters. The molecule has 3 heterocycles. The number of furan rings is 1. The van der Waals surface area contributed by atoms with Gasteiger partial charge in [-0.1, -0.05) is 17.8 Å². The van der Waals surface area contributed by atoms with Gasteiger partial charge in [0.15, 0.2) is 0 Å². The zero-order valence-corrected chi connectivity index (χ0v) is 13.7. The summed E-state index contributed by atoms with van der Waals surface area (Å²) in [5.74, 6) is 1.59. The summed E-state index contributed by atoms with van der Waals surface area (Å²) < 4.78 is 5.19. The largest absolute Gasteiger partial charge is 0.465 e. The molecule has 6 nitrogen and oxygen atoms in total. The first-order valence-corrected chi connectivity index (χ1v) is 8.72. The van der Waals surface area contributed by atoms with Crippen LogP contribution in [0.5, 0.6) is 0 Å². The lowest BCUT2D eigenvalue weighted by atomic mass is 10.4. The summed E-state index contributed by atoms with van der Waals surface area (Å²) in [6.45, 7) is 0.558. The van der Waals surface area contributed by atoms with E-state index < -0.39 is 0 Å². The highest BCUT2D eigenvalue weighted by atomic mass is 32.2. The van der Waals surface area contributed by atoms with Crippen LogP contribution in [0, 0.1) is 0 Å². The maximum atomic E-state index is 11.8. The van der Waals surface area contributed by atoms with Crippen LogP contribution in [0.25, 0.3) is 12.2 Å². The standard InChI is InChI=1S/C15H14N4O2S2/c20-14(16-9-12-4-2-8-22-12)10-23-15-17-13(18-19-15)6-5-11-3-1-7-21-11/h1-8H,9-10H2,(H,16,20)(H,17,18,19)/b6-5+. The summed E-state index contributed by atoms with van der Waals surface area (Å²) in [7, 11) is 0. The molecule has 1 amide bonds. The first kappa shape index (κ1) is 15.6. The Morgan fingerprint density at radius 2 is 2.35 bits per heavy atom. The van der Waals surface area contributed by atoms with E-state index in [4.69, 9.17) is 4.42 Å². The first-order chi connectivity index (χ1) is 11.3. The predicted octanol–water partition coefficient (Wildman–Crippen LogP) is 3.04. The summed E-state index contributed by atoms with van der Waals surface area (Å²) in [5.41, 5.74) is 0. The van der Waals surface area contributed by atoms with Gasteiger partial charge in [0.05, 0.1) is 18.6 Å². The van der Waals surface area contributed by atoms with Crippen LogP contribution in [0.1, 0.15) is 16.5 Å². The Bertz CT molecular complexity index is 763. The summed E-state index contributed by atoms with van der Waals surface area (Å²) in [6.07, 6.45) is 5.17. The van der Waals surface area contributed by atoms with Gasteiger partial charge in [-0.15, -0.1) is 16.4 Å². The Labute approximate surface area is 141 Å². The van der Waals surface area contributed by atoms with E-state index in [1.54, 1.807) is 29.8 Å². The molecule has 0 fully saturated rings. The van der Waals surface area contributed by atoms with Crippen molar-refractivity contribution in [3.05, 3.63) is 52.4 Å². The summed E-state index contributed by atoms with van der Waals surface area (Å²) >= 11 is 2.91. The fraction of sp³-hybridized carbons (Fsp3) is 0.133. The van der Waals surface area contributed by atoms with Gasteiger partial charge in [0, 0.05) is 4.88 Å². The molecule has 0 radical (unpaired) electrons. The molecule has 0 atom stereocenters. The number of carbonyl (C=O) groups is 1. The highest BCUT2D eigenvalue weighted by molar-refractivity contribution is 7.99. The van der Waals surface area contributed by atoms with Crippen LogP contribution < -0.4 is 5.32 Å². The molecule has 3 aromatic heterocycles. The molecular weight excluding hydrogens is 332 g/mol. The van der Waals surface area contributed by atoms with Crippen molar-refractivity contribution in [3.63, 3.8) is 0 Å². The van der Waals surface area contributed by atoms with Gasteiger partial charge in [-0.05, 0) is 35.7 Å². The number of aromatic amines is 1. The van der Waals surface area contributed by atoms with Crippen molar-refractivity contribution in [1.29, 1.82) is 0 Å². The van der Waals surface area contributed by atoms with Crippen molar-refractivity contribution in [3.8, 4) is 0 Å². The quantitative estimate of drug-likeness (QED) is 0.643. The third kappa shape index (κ3) is 4.83. The van der Waals surface area contributed by atoms with Gasteiger partial charge < -0.3 is 9.73 Å². The molecule has 0 aromatic carbocycles. The van der Waals surface area contributed by atoms with Crippen molar-refractivity contribution in [2.75, 3.05) is 5.75 Å². The number of thioether (sulfide) groups is 1. The molecule has 0 saturated carbocycles. The molecular formula is C15H14N4O2S2. The molecule has 0 aliphatic carbocycles. The van der Waals surface area contributed by atoms with E-state index in [1.165, 1.54) is 11.8 Å². The van der Waals surface area contributed by atoms with Crippen molar-refractivity contribution >= 4 is 41.2 Å². The van der Waals surface area contributed by atoms with Crippen molar-refractivity contribution in [1.82, 2.24) is 20.5 Å². The number of rotatable bonds is 7. The molecule has 0 bridgehead atoms. The number of thiophene rings is 1. The maximum absolute atomic E-state index is 11.8. The minimum Gasteiger partial charge on any atom is -0.465 e. The van der Waals surface area contributed by atoms with Crippen LogP contribution in [-0.4, -0.2) is 26.8 Å². The number of nitrogens with zero attached hydrogens (tertiary/aromatic N) is 2. The lowest BCUT2D eigenvalue weighted by Crippen LogP contribution is -2.24. The van der Waals surface area contributed by atoms with Crippen molar-refractivity contribution in [2.45, 2.75) is 11.7 Å². The minimum atomic E-state index is -0.0409. The van der Waals surface area contributed by atoms with E-state index in [0.717, 1.165) is 10.6 Å². The number of nitrogens with one attached hydrogen (secondary N) is 2. The average molecular weight is 346 g/mol. The third-order valence-electron chi connectivity index (χ3n) is 2.80. The second-order valence-electron chi connectivity index (χ2n) is 4.50. The van der Waals surface area contributed by atoms with E-state index in [9.17, 15) is 4.79 Å². The number of aromatic nitrogens is 3. The molecule has 0 aliphatic rings. The van der Waals surface area contributed by atoms with Gasteiger partial charge >= 0.3 is 0 Å². The molecule has 3 rings (SSSR count). The number of hydrogen-bond donors (Lipinski definition) is 2. The Balaban J connectivity index is 1.44. The van der Waals surface area contributed by atoms with Gasteiger partial charge in [-0.3, -0.25) is 9.89 Å². The molecule has 23 heavy (non-hydrogen) atoms. The van der Waals surface area contributed by atoms with Crippen LogP contribution in [0.2, 0.25) is 0 Å². The van der Waals surface area contributed by atoms with Gasteiger partial charge in [0.1, 0.15) is 11.6 Å². The molecule has 0 aliphatic heterocycles. The highest BCUT2D eigenvalue weighted by Gasteiger charge is 2.07. The normalized spacial score (nSPS) is 11.1.